The topological polar surface area (TPSA) is 83.9 Å². The van der Waals surface area contributed by atoms with E-state index in [4.69, 9.17) is 4.74 Å². The number of fused-ring (bicyclic) bond motifs is 1. The van der Waals surface area contributed by atoms with Crippen molar-refractivity contribution in [2.45, 2.75) is 56.9 Å². The first kappa shape index (κ1) is 30.1. The van der Waals surface area contributed by atoms with E-state index >= 15 is 0 Å². The number of benzene rings is 2. The molecule has 2 aromatic carbocycles. The highest BCUT2D eigenvalue weighted by Crippen LogP contribution is 2.37. The lowest BCUT2D eigenvalue weighted by Crippen LogP contribution is -2.46. The number of esters is 1. The number of para-hydroxylation sites is 1. The van der Waals surface area contributed by atoms with Crippen molar-refractivity contribution in [2.24, 2.45) is 0 Å². The van der Waals surface area contributed by atoms with Crippen LogP contribution in [0.1, 0.15) is 49.7 Å². The van der Waals surface area contributed by atoms with Crippen LogP contribution in [0, 0.1) is 5.82 Å². The van der Waals surface area contributed by atoms with E-state index in [-0.39, 0.29) is 63.1 Å². The van der Waals surface area contributed by atoms with Gasteiger partial charge in [-0.05, 0) is 63.7 Å². The van der Waals surface area contributed by atoms with E-state index in [1.54, 1.807) is 30.3 Å². The van der Waals surface area contributed by atoms with E-state index < -0.39 is 29.8 Å². The molecule has 0 radical (unpaired) electrons. The number of rotatable bonds is 10. The lowest BCUT2D eigenvalue weighted by molar-refractivity contribution is -0.144. The number of carbonyl (C=O) groups is 3. The molecule has 0 atom stereocenters. The second kappa shape index (κ2) is 13.2. The van der Waals surface area contributed by atoms with Gasteiger partial charge in [-0.1, -0.05) is 18.2 Å². The third kappa shape index (κ3) is 7.87. The Kier molecular flexibility index (Phi) is 9.69. The minimum absolute atomic E-state index is 0.0315. The molecule has 4 rings (SSSR count). The second-order valence-corrected chi connectivity index (χ2v) is 10.6. The summed E-state index contributed by atoms with van der Waals surface area (Å²) in [6, 6.07) is 11.6. The Bertz CT molecular complexity index is 1370. The van der Waals surface area contributed by atoms with Crippen molar-refractivity contribution in [1.82, 2.24) is 9.47 Å². The number of nitrogens with one attached hydrogen (secondary N) is 1. The highest BCUT2D eigenvalue weighted by molar-refractivity contribution is 6.09. The number of hydrogen-bond donors (Lipinski definition) is 1. The number of aromatic nitrogens is 1. The predicted molar refractivity (Wildman–Crippen MR) is 151 cm³/mol. The van der Waals surface area contributed by atoms with Gasteiger partial charge in [0.05, 0.1) is 11.2 Å². The van der Waals surface area contributed by atoms with E-state index in [2.05, 4.69) is 5.32 Å². The molecule has 0 saturated heterocycles. The Morgan fingerprint density at radius 1 is 1.05 bits per heavy atom. The number of amides is 2. The Morgan fingerprint density at radius 3 is 2.44 bits per heavy atom. The van der Waals surface area contributed by atoms with Crippen LogP contribution < -0.4 is 10.2 Å². The fourth-order valence-corrected chi connectivity index (χ4v) is 4.97. The first-order chi connectivity index (χ1) is 19.5. The lowest BCUT2D eigenvalue weighted by atomic mass is 9.91. The van der Waals surface area contributed by atoms with Gasteiger partial charge in [0.25, 0.3) is 0 Å². The summed E-state index contributed by atoms with van der Waals surface area (Å²) in [5.41, 5.74) is 1.15. The van der Waals surface area contributed by atoms with E-state index in [1.165, 1.54) is 33.9 Å². The van der Waals surface area contributed by atoms with Crippen molar-refractivity contribution in [3.8, 4) is 0 Å². The van der Waals surface area contributed by atoms with Crippen LogP contribution in [0.3, 0.4) is 0 Å². The molecule has 1 aliphatic carbocycles. The smallest absolute Gasteiger partial charge is 0.326 e. The highest BCUT2D eigenvalue weighted by Gasteiger charge is 2.39. The van der Waals surface area contributed by atoms with Crippen molar-refractivity contribution in [3.63, 3.8) is 0 Å². The molecule has 0 bridgehead atoms. The first-order valence-electron chi connectivity index (χ1n) is 13.7. The molecule has 0 aliphatic heterocycles. The molecule has 1 fully saturated rings. The van der Waals surface area contributed by atoms with Crippen molar-refractivity contribution in [2.75, 3.05) is 37.5 Å². The molecule has 220 valence electrons. The Balaban J connectivity index is 1.51. The Hall–Kier alpha value is -3.86. The van der Waals surface area contributed by atoms with Gasteiger partial charge < -0.3 is 15.0 Å². The van der Waals surface area contributed by atoms with Gasteiger partial charge in [0.15, 0.2) is 0 Å². The summed E-state index contributed by atoms with van der Waals surface area (Å²) in [6.45, 7) is 0.861. The summed E-state index contributed by atoms with van der Waals surface area (Å²) in [6.07, 6.45) is 1.40. The quantitative estimate of drug-likeness (QED) is 0.288. The molecular weight excluding hydrogens is 537 g/mol. The summed E-state index contributed by atoms with van der Waals surface area (Å²) in [7, 11) is 3.74. The summed E-state index contributed by atoms with van der Waals surface area (Å²) in [4.78, 5) is 42.1. The average molecular weight is 573 g/mol. The fourth-order valence-electron chi connectivity index (χ4n) is 4.97. The van der Waals surface area contributed by atoms with Gasteiger partial charge in [-0.25, -0.2) is 18.0 Å². The molecule has 2 amide bonds. The maximum absolute atomic E-state index is 14.3. The zero-order valence-electron chi connectivity index (χ0n) is 23.2. The van der Waals surface area contributed by atoms with Gasteiger partial charge in [0.2, 0.25) is 11.8 Å². The van der Waals surface area contributed by atoms with Crippen molar-refractivity contribution >= 4 is 40.2 Å². The van der Waals surface area contributed by atoms with E-state index in [1.807, 2.05) is 19.0 Å². The summed E-state index contributed by atoms with van der Waals surface area (Å²) >= 11 is 0. The molecule has 1 N–H and O–H groups in total. The SMILES string of the molecule is CN(C)CCOC(=O)CCCC(=O)n1cc(NC(=O)N(c2ccccc2)C2CCC(F)(F)CC2)c2cc(F)ccc21. The minimum atomic E-state index is -2.76. The molecule has 41 heavy (non-hydrogen) atoms. The minimum Gasteiger partial charge on any atom is -0.464 e. The lowest BCUT2D eigenvalue weighted by Gasteiger charge is -2.36. The Morgan fingerprint density at radius 2 is 1.76 bits per heavy atom. The third-order valence-electron chi connectivity index (χ3n) is 7.15. The van der Waals surface area contributed by atoms with Gasteiger partial charge >= 0.3 is 12.0 Å². The van der Waals surface area contributed by atoms with Crippen LogP contribution in [-0.4, -0.2) is 66.6 Å². The number of urea groups is 1. The van der Waals surface area contributed by atoms with Crippen LogP contribution in [-0.2, 0) is 9.53 Å². The van der Waals surface area contributed by atoms with Crippen LogP contribution in [0.5, 0.6) is 0 Å². The molecule has 1 heterocycles. The van der Waals surface area contributed by atoms with Crippen molar-refractivity contribution < 1.29 is 32.3 Å². The molecule has 0 spiro atoms. The number of ether oxygens (including phenoxy) is 1. The average Bonchev–Trinajstić information content (AvgIpc) is 3.27. The maximum atomic E-state index is 14.3. The standard InChI is InChI=1S/C30H35F3N4O4/c1-35(2)17-18-41-28(39)10-6-9-27(38)36-20-25(24-19-21(31)11-12-26(24)36)34-29(40)37(22-7-4-3-5-8-22)23-13-15-30(32,33)16-14-23/h3-5,7-8,11-12,19-20,23H,6,9-10,13-18H2,1-2H3,(H,34,40). The number of likely N-dealkylation sites (N-methyl/N-ethyl adjacent to an activating group) is 1. The van der Waals surface area contributed by atoms with Crippen LogP contribution in [0.2, 0.25) is 0 Å². The van der Waals surface area contributed by atoms with Crippen LogP contribution >= 0.6 is 0 Å². The normalized spacial score (nSPS) is 15.2. The first-order valence-corrected chi connectivity index (χ1v) is 13.7. The van der Waals surface area contributed by atoms with E-state index in [0.717, 1.165) is 0 Å². The maximum Gasteiger partial charge on any atom is 0.326 e. The zero-order chi connectivity index (χ0) is 29.6. The number of nitrogens with zero attached hydrogens (tertiary/aromatic N) is 3. The summed E-state index contributed by atoms with van der Waals surface area (Å²) < 4.78 is 48.5. The number of alkyl halides is 2. The molecule has 1 aromatic heterocycles. The largest absolute Gasteiger partial charge is 0.464 e. The molecule has 1 aliphatic rings. The van der Waals surface area contributed by atoms with Gasteiger partial charge in [0.1, 0.15) is 12.4 Å². The zero-order valence-corrected chi connectivity index (χ0v) is 23.2. The van der Waals surface area contributed by atoms with E-state index in [9.17, 15) is 27.6 Å². The third-order valence-corrected chi connectivity index (χ3v) is 7.15. The molecule has 1 saturated carbocycles. The predicted octanol–water partition coefficient (Wildman–Crippen LogP) is 6.31. The van der Waals surface area contributed by atoms with Gasteiger partial charge in [-0.2, -0.15) is 0 Å². The molecule has 8 nitrogen and oxygen atoms in total. The van der Waals surface area contributed by atoms with Gasteiger partial charge in [0, 0.05) is 55.5 Å². The van der Waals surface area contributed by atoms with Gasteiger partial charge in [-0.15, -0.1) is 0 Å². The summed E-state index contributed by atoms with van der Waals surface area (Å²) in [5, 5.41) is 3.11. The van der Waals surface area contributed by atoms with Crippen molar-refractivity contribution in [3.05, 3.63) is 60.5 Å². The monoisotopic (exact) mass is 572 g/mol. The molecule has 3 aromatic rings. The number of halogens is 3. The molecule has 0 unspecified atom stereocenters. The fraction of sp³-hybridized carbons (Fsp3) is 0.433. The van der Waals surface area contributed by atoms with Gasteiger partial charge in [-0.3, -0.25) is 19.1 Å². The van der Waals surface area contributed by atoms with Crippen LogP contribution in [0.15, 0.2) is 54.7 Å². The number of anilines is 2. The van der Waals surface area contributed by atoms with E-state index in [0.29, 0.717) is 23.1 Å². The number of carbonyl (C=O) groups excluding carboxylic acids is 3. The number of hydrogen-bond acceptors (Lipinski definition) is 5. The second-order valence-electron chi connectivity index (χ2n) is 10.6. The highest BCUT2D eigenvalue weighted by atomic mass is 19.3. The summed E-state index contributed by atoms with van der Waals surface area (Å²) in [5.74, 6) is -4.04. The van der Waals surface area contributed by atoms with Crippen molar-refractivity contribution in [1.29, 1.82) is 0 Å². The van der Waals surface area contributed by atoms with Crippen LogP contribution in [0.4, 0.5) is 29.3 Å². The Labute approximate surface area is 237 Å². The van der Waals surface area contributed by atoms with Crippen LogP contribution in [0.25, 0.3) is 10.9 Å². The molecule has 11 heteroatoms. The molecular formula is C30H35F3N4O4.